The number of hydroxylamine groups is 1. The smallest absolute Gasteiger partial charge is 0.274 e. The number of carbonyl (C=O) groups is 2. The number of aromatic nitrogens is 3. The number of thiophene rings is 1. The molecule has 3 aromatic heterocycles. The third-order valence-electron chi connectivity index (χ3n) is 5.57. The number of carbonyl (C=O) groups excluding carboxylic acids is 2. The summed E-state index contributed by atoms with van der Waals surface area (Å²) < 4.78 is 14.3. The summed E-state index contributed by atoms with van der Waals surface area (Å²) in [6, 6.07) is 2.96. The van der Waals surface area contributed by atoms with E-state index in [2.05, 4.69) is 25.7 Å². The number of halogens is 1. The van der Waals surface area contributed by atoms with Crippen LogP contribution in [0.2, 0.25) is 0 Å². The minimum Gasteiger partial charge on any atom is -0.348 e. The quantitative estimate of drug-likeness (QED) is 0.492. The Morgan fingerprint density at radius 1 is 1.26 bits per heavy atom. The average molecular weight is 501 g/mol. The van der Waals surface area contributed by atoms with Crippen molar-refractivity contribution < 1.29 is 18.8 Å². The molecule has 1 aliphatic heterocycles. The second kappa shape index (κ2) is 9.82. The van der Waals surface area contributed by atoms with E-state index in [-0.39, 0.29) is 42.0 Å². The number of nitrogens with one attached hydrogen (secondary N) is 2. The topological polar surface area (TPSA) is 109 Å². The van der Waals surface area contributed by atoms with Gasteiger partial charge in [0.25, 0.3) is 5.91 Å². The van der Waals surface area contributed by atoms with Crippen LogP contribution in [-0.2, 0) is 9.63 Å². The summed E-state index contributed by atoms with van der Waals surface area (Å²) in [6.07, 6.45) is 3.25. The molecule has 0 saturated carbocycles. The van der Waals surface area contributed by atoms with Crippen molar-refractivity contribution in [2.24, 2.45) is 5.92 Å². The van der Waals surface area contributed by atoms with Crippen molar-refractivity contribution in [1.82, 2.24) is 25.3 Å². The van der Waals surface area contributed by atoms with E-state index in [0.717, 1.165) is 11.1 Å². The largest absolute Gasteiger partial charge is 0.348 e. The molecule has 0 aromatic carbocycles. The molecule has 9 nitrogen and oxygen atoms in total. The van der Waals surface area contributed by atoms with Gasteiger partial charge >= 0.3 is 0 Å². The molecule has 186 valence electrons. The van der Waals surface area contributed by atoms with Gasteiger partial charge in [-0.05, 0) is 58.7 Å². The lowest BCUT2D eigenvalue weighted by atomic mass is 10.1. The first-order valence-corrected chi connectivity index (χ1v) is 12.2. The zero-order chi connectivity index (χ0) is 25.3. The van der Waals surface area contributed by atoms with Gasteiger partial charge in [0, 0.05) is 24.2 Å². The predicted octanol–water partition coefficient (Wildman–Crippen LogP) is 4.02. The Morgan fingerprint density at radius 3 is 2.74 bits per heavy atom. The Balaban J connectivity index is 1.54. The minimum absolute atomic E-state index is 0.241. The van der Waals surface area contributed by atoms with Crippen LogP contribution in [0.3, 0.4) is 0 Å². The Kier molecular flexibility index (Phi) is 7.00. The SMILES string of the molecule is Cc1cc2nc(NC(C)c3cncc(F)c3)nc(C(=O)N3CCC(C(=O)NOC(C)(C)C)C3)c2s1. The van der Waals surface area contributed by atoms with E-state index in [1.807, 2.05) is 40.7 Å². The van der Waals surface area contributed by atoms with Gasteiger partial charge in [-0.15, -0.1) is 11.3 Å². The van der Waals surface area contributed by atoms with Gasteiger partial charge < -0.3 is 10.2 Å². The minimum atomic E-state index is -0.504. The second-order valence-corrected chi connectivity index (χ2v) is 10.9. The van der Waals surface area contributed by atoms with Crippen LogP contribution in [0.25, 0.3) is 10.2 Å². The standard InChI is InChI=1S/C24H29FN6O3S/c1-13-8-18-20(35-13)19(29-23(28-18)27-14(2)16-9-17(25)11-26-10-16)22(33)31-7-6-15(12-31)21(32)30-34-24(3,4)5/h8-11,14-15H,6-7,12H2,1-5H3,(H,30,32)(H,27,28,29). The summed E-state index contributed by atoms with van der Waals surface area (Å²) in [5.74, 6) is -1.02. The molecule has 0 bridgehead atoms. The van der Waals surface area contributed by atoms with E-state index in [4.69, 9.17) is 4.84 Å². The Morgan fingerprint density at radius 2 is 2.03 bits per heavy atom. The van der Waals surface area contributed by atoms with Gasteiger partial charge in [-0.2, -0.15) is 0 Å². The van der Waals surface area contributed by atoms with Crippen molar-refractivity contribution in [3.63, 3.8) is 0 Å². The number of rotatable bonds is 6. The monoisotopic (exact) mass is 500 g/mol. The number of hydrogen-bond acceptors (Lipinski definition) is 8. The number of pyridine rings is 1. The van der Waals surface area contributed by atoms with Crippen LogP contribution < -0.4 is 10.8 Å². The summed E-state index contributed by atoms with van der Waals surface area (Å²) >= 11 is 1.45. The first kappa shape index (κ1) is 24.9. The van der Waals surface area contributed by atoms with E-state index in [1.54, 1.807) is 11.1 Å². The van der Waals surface area contributed by atoms with Crippen molar-refractivity contribution in [3.8, 4) is 0 Å². The van der Waals surface area contributed by atoms with Crippen LogP contribution in [0.5, 0.6) is 0 Å². The average Bonchev–Trinajstić information content (AvgIpc) is 3.42. The first-order chi connectivity index (χ1) is 16.5. The number of anilines is 1. The van der Waals surface area contributed by atoms with Crippen molar-refractivity contribution in [1.29, 1.82) is 0 Å². The van der Waals surface area contributed by atoms with E-state index in [9.17, 15) is 14.0 Å². The molecule has 1 aliphatic rings. The van der Waals surface area contributed by atoms with E-state index in [1.165, 1.54) is 17.4 Å². The fourth-order valence-electron chi connectivity index (χ4n) is 3.80. The molecule has 2 atom stereocenters. The molecule has 0 spiro atoms. The van der Waals surface area contributed by atoms with Gasteiger partial charge in [0.1, 0.15) is 5.82 Å². The molecule has 0 radical (unpaired) electrons. The normalized spacial score (nSPS) is 17.0. The number of fused-ring (bicyclic) bond motifs is 1. The zero-order valence-corrected chi connectivity index (χ0v) is 21.2. The molecule has 2 unspecified atom stereocenters. The molecular weight excluding hydrogens is 471 g/mol. The third kappa shape index (κ3) is 5.91. The van der Waals surface area contributed by atoms with Gasteiger partial charge in [0.15, 0.2) is 5.69 Å². The third-order valence-corrected chi connectivity index (χ3v) is 6.62. The van der Waals surface area contributed by atoms with E-state index < -0.39 is 11.4 Å². The lowest BCUT2D eigenvalue weighted by Gasteiger charge is -2.21. The number of amides is 2. The maximum Gasteiger partial charge on any atom is 0.274 e. The van der Waals surface area contributed by atoms with Crippen LogP contribution in [0.1, 0.15) is 61.1 Å². The van der Waals surface area contributed by atoms with Gasteiger partial charge in [0.2, 0.25) is 11.9 Å². The summed E-state index contributed by atoms with van der Waals surface area (Å²) in [4.78, 5) is 47.0. The van der Waals surface area contributed by atoms with Gasteiger partial charge in [0.05, 0.1) is 34.0 Å². The summed E-state index contributed by atoms with van der Waals surface area (Å²) in [7, 11) is 0. The predicted molar refractivity (Wildman–Crippen MR) is 131 cm³/mol. The number of nitrogens with zero attached hydrogens (tertiary/aromatic N) is 4. The van der Waals surface area contributed by atoms with Gasteiger partial charge in [-0.25, -0.2) is 19.8 Å². The zero-order valence-electron chi connectivity index (χ0n) is 20.4. The molecular formula is C24H29FN6O3S. The molecule has 0 aliphatic carbocycles. The summed E-state index contributed by atoms with van der Waals surface area (Å²) in [5, 5.41) is 3.15. The van der Waals surface area contributed by atoms with Crippen molar-refractivity contribution in [2.75, 3.05) is 18.4 Å². The van der Waals surface area contributed by atoms with E-state index in [0.29, 0.717) is 28.7 Å². The van der Waals surface area contributed by atoms with Crippen LogP contribution in [0, 0.1) is 18.7 Å². The maximum atomic E-state index is 13.6. The lowest BCUT2D eigenvalue weighted by molar-refractivity contribution is -0.149. The molecule has 1 saturated heterocycles. The van der Waals surface area contributed by atoms with Crippen LogP contribution in [-0.4, -0.2) is 50.4 Å². The first-order valence-electron chi connectivity index (χ1n) is 11.4. The molecule has 35 heavy (non-hydrogen) atoms. The summed E-state index contributed by atoms with van der Waals surface area (Å²) in [5.41, 5.74) is 3.58. The van der Waals surface area contributed by atoms with Crippen molar-refractivity contribution in [3.05, 3.63) is 46.5 Å². The second-order valence-electron chi connectivity index (χ2n) is 9.69. The molecule has 3 aromatic rings. The Bertz CT molecular complexity index is 1260. The fourth-order valence-corrected chi connectivity index (χ4v) is 4.73. The highest BCUT2D eigenvalue weighted by molar-refractivity contribution is 7.19. The highest BCUT2D eigenvalue weighted by Gasteiger charge is 2.34. The van der Waals surface area contributed by atoms with Gasteiger partial charge in [-0.3, -0.25) is 19.4 Å². The molecule has 11 heteroatoms. The number of aryl methyl sites for hydroxylation is 1. The van der Waals surface area contributed by atoms with Gasteiger partial charge in [-0.1, -0.05) is 0 Å². The Hall–Kier alpha value is -3.18. The summed E-state index contributed by atoms with van der Waals surface area (Å²) in [6.45, 7) is 10.0. The maximum absolute atomic E-state index is 13.6. The lowest BCUT2D eigenvalue weighted by Crippen LogP contribution is -2.39. The van der Waals surface area contributed by atoms with E-state index >= 15 is 0 Å². The number of likely N-dealkylation sites (tertiary alicyclic amines) is 1. The highest BCUT2D eigenvalue weighted by atomic mass is 32.1. The molecule has 2 amide bonds. The molecule has 2 N–H and O–H groups in total. The number of hydrogen-bond donors (Lipinski definition) is 2. The Labute approximate surface area is 207 Å². The van der Waals surface area contributed by atoms with Crippen LogP contribution >= 0.6 is 11.3 Å². The molecule has 1 fully saturated rings. The fraction of sp³-hybridized carbons (Fsp3) is 0.458. The molecule has 4 rings (SSSR count). The van der Waals surface area contributed by atoms with Crippen molar-refractivity contribution >= 4 is 39.3 Å². The highest BCUT2D eigenvalue weighted by Crippen LogP contribution is 2.30. The van der Waals surface area contributed by atoms with Crippen molar-refractivity contribution in [2.45, 2.75) is 52.7 Å². The van der Waals surface area contributed by atoms with Crippen LogP contribution in [0.4, 0.5) is 10.3 Å². The molecule has 4 heterocycles. The van der Waals surface area contributed by atoms with Crippen LogP contribution in [0.15, 0.2) is 24.5 Å².